The minimum Gasteiger partial charge on any atom is -0.501 e. The van der Waals surface area contributed by atoms with Gasteiger partial charge in [0.05, 0.1) is 12.9 Å². The molecule has 1 aromatic rings. The van der Waals surface area contributed by atoms with Crippen molar-refractivity contribution in [2.24, 2.45) is 0 Å². The maximum Gasteiger partial charge on any atom is 3.00 e. The zero-order valence-electron chi connectivity index (χ0n) is 7.52. The summed E-state index contributed by atoms with van der Waals surface area (Å²) in [5.41, 5.74) is -0.672. The average Bonchev–Trinajstić information content (AvgIpc) is 2.10. The second-order valence-corrected chi connectivity index (χ2v) is 2.18. The molecule has 0 aromatic carbocycles. The van der Waals surface area contributed by atoms with Gasteiger partial charge in [0, 0.05) is 6.07 Å². The van der Waals surface area contributed by atoms with E-state index in [0.717, 1.165) is 12.3 Å². The van der Waals surface area contributed by atoms with Crippen LogP contribution in [0, 0.1) is 0 Å². The van der Waals surface area contributed by atoms with Crippen LogP contribution in [0.5, 0.6) is 5.75 Å². The van der Waals surface area contributed by atoms with Crippen LogP contribution >= 0.6 is 0 Å². The molecule has 70 valence electrons. The van der Waals surface area contributed by atoms with Gasteiger partial charge in [-0.2, -0.15) is 0 Å². The summed E-state index contributed by atoms with van der Waals surface area (Å²) in [6.45, 7) is 1.76. The van der Waals surface area contributed by atoms with Gasteiger partial charge in [-0.15, -0.1) is 0 Å². The van der Waals surface area contributed by atoms with Crippen molar-refractivity contribution in [2.75, 3.05) is 6.61 Å². The summed E-state index contributed by atoms with van der Waals surface area (Å²) in [5, 5.41) is 9.09. The first-order valence-electron chi connectivity index (χ1n) is 3.64. The van der Waals surface area contributed by atoms with Gasteiger partial charge in [-0.05, 0) is 6.92 Å². The number of aromatic hydroxyl groups is 1. The van der Waals surface area contributed by atoms with Gasteiger partial charge in [-0.25, -0.2) is 4.79 Å². The monoisotopic (exact) mass is 253 g/mol. The number of carbonyl (C=O) groups excluding carboxylic acids is 1. The summed E-state index contributed by atoms with van der Waals surface area (Å²) in [6, 6.07) is 1.01. The van der Waals surface area contributed by atoms with E-state index < -0.39 is 22.9 Å². The van der Waals surface area contributed by atoms with Gasteiger partial charge in [0.2, 0.25) is 11.2 Å². The van der Waals surface area contributed by atoms with E-state index in [9.17, 15) is 9.59 Å². The molecule has 0 bridgehead atoms. The number of esters is 1. The summed E-state index contributed by atoms with van der Waals surface area (Å²) >= 11 is 0. The fraction of sp³-hybridized carbons (Fsp3) is 0.250. The van der Waals surface area contributed by atoms with Gasteiger partial charge < -0.3 is 14.3 Å². The molecular formula is C8H8GaO5+3. The molecule has 0 saturated heterocycles. The maximum absolute atomic E-state index is 11.0. The van der Waals surface area contributed by atoms with E-state index in [1.165, 1.54) is 0 Å². The number of ether oxygens (including phenoxy) is 1. The summed E-state index contributed by atoms with van der Waals surface area (Å²) in [4.78, 5) is 21.8. The summed E-state index contributed by atoms with van der Waals surface area (Å²) in [6.07, 6.45) is 1.02. The smallest absolute Gasteiger partial charge is 0.501 e. The fourth-order valence-corrected chi connectivity index (χ4v) is 0.752. The van der Waals surface area contributed by atoms with Crippen molar-refractivity contribution < 1.29 is 19.1 Å². The molecule has 5 nitrogen and oxygen atoms in total. The Hall–Kier alpha value is -1.14. The van der Waals surface area contributed by atoms with E-state index in [2.05, 4.69) is 9.15 Å². The van der Waals surface area contributed by atoms with E-state index in [-0.39, 0.29) is 26.4 Å². The Morgan fingerprint density at radius 1 is 1.64 bits per heavy atom. The first-order chi connectivity index (χ1) is 6.16. The maximum atomic E-state index is 11.0. The van der Waals surface area contributed by atoms with Crippen LogP contribution in [0.4, 0.5) is 0 Å². The average molecular weight is 254 g/mol. The van der Waals surface area contributed by atoms with Crippen LogP contribution in [0.25, 0.3) is 0 Å². The van der Waals surface area contributed by atoms with Gasteiger partial charge in [0.25, 0.3) is 5.76 Å². The Morgan fingerprint density at radius 2 is 2.29 bits per heavy atom. The molecule has 1 aromatic heterocycles. The quantitative estimate of drug-likeness (QED) is 0.600. The minimum absolute atomic E-state index is 0. The van der Waals surface area contributed by atoms with Gasteiger partial charge in [-0.3, -0.25) is 4.79 Å². The van der Waals surface area contributed by atoms with Crippen molar-refractivity contribution in [1.29, 1.82) is 0 Å². The van der Waals surface area contributed by atoms with Gasteiger partial charge >= 0.3 is 25.8 Å². The van der Waals surface area contributed by atoms with E-state index >= 15 is 0 Å². The molecule has 0 atom stereocenters. The zero-order valence-corrected chi connectivity index (χ0v) is 9.94. The number of carbonyl (C=O) groups is 1. The van der Waals surface area contributed by atoms with Gasteiger partial charge in [0.15, 0.2) is 0 Å². The van der Waals surface area contributed by atoms with Crippen molar-refractivity contribution in [2.45, 2.75) is 6.92 Å². The molecule has 0 amide bonds. The summed E-state index contributed by atoms with van der Waals surface area (Å²) in [7, 11) is 0. The van der Waals surface area contributed by atoms with Crippen molar-refractivity contribution >= 4 is 25.8 Å². The molecule has 0 saturated carbocycles. The molecule has 0 aliphatic carbocycles. The molecule has 0 unspecified atom stereocenters. The fourth-order valence-electron chi connectivity index (χ4n) is 0.752. The first-order valence-corrected chi connectivity index (χ1v) is 3.64. The Morgan fingerprint density at radius 3 is 2.86 bits per heavy atom. The van der Waals surface area contributed by atoms with E-state index in [1.54, 1.807) is 6.92 Å². The van der Waals surface area contributed by atoms with Gasteiger partial charge in [-0.1, -0.05) is 0 Å². The molecule has 1 rings (SSSR count). The third-order valence-corrected chi connectivity index (χ3v) is 1.31. The van der Waals surface area contributed by atoms with E-state index in [0.29, 0.717) is 0 Å². The predicted octanol–water partition coefficient (Wildman–Crippen LogP) is 0.141. The van der Waals surface area contributed by atoms with Crippen molar-refractivity contribution in [3.05, 3.63) is 28.3 Å². The summed E-state index contributed by atoms with van der Waals surface area (Å²) < 4.78 is 9.16. The number of rotatable bonds is 2. The zero-order chi connectivity index (χ0) is 9.84. The van der Waals surface area contributed by atoms with Crippen molar-refractivity contribution in [3.8, 4) is 5.75 Å². The number of hydrogen-bond donors (Lipinski definition) is 1. The molecule has 0 radical (unpaired) electrons. The molecule has 0 fully saturated rings. The van der Waals surface area contributed by atoms with E-state index in [1.807, 2.05) is 0 Å². The molecule has 6 heteroatoms. The third kappa shape index (κ3) is 2.67. The van der Waals surface area contributed by atoms with Crippen LogP contribution in [0.1, 0.15) is 17.5 Å². The van der Waals surface area contributed by atoms with Crippen LogP contribution in [-0.2, 0) is 4.74 Å². The van der Waals surface area contributed by atoms with Crippen LogP contribution < -0.4 is 5.43 Å². The Kier molecular flexibility index (Phi) is 5.10. The van der Waals surface area contributed by atoms with E-state index in [4.69, 9.17) is 5.11 Å². The predicted molar refractivity (Wildman–Crippen MR) is 48.4 cm³/mol. The molecule has 0 aliphatic heterocycles. The first kappa shape index (κ1) is 12.9. The molecule has 1 N–H and O–H groups in total. The standard InChI is InChI=1S/C8H8O5.Ga/c1-2-12-8(11)7-6(10)5(9)3-4-13-7;/h3-4,10H,2H2,1H3;/q;+3. The Labute approximate surface area is 92.7 Å². The molecule has 14 heavy (non-hydrogen) atoms. The van der Waals surface area contributed by atoms with Gasteiger partial charge in [0.1, 0.15) is 0 Å². The van der Waals surface area contributed by atoms with Crippen LogP contribution in [0.2, 0.25) is 0 Å². The summed E-state index contributed by atoms with van der Waals surface area (Å²) in [5.74, 6) is -2.03. The molecule has 0 aliphatic rings. The SMILES string of the molecule is CCOC(=O)c1occc(=O)c1O.[Ga+3]. The third-order valence-electron chi connectivity index (χ3n) is 1.31. The molecular weight excluding hydrogens is 246 g/mol. The van der Waals surface area contributed by atoms with Crippen molar-refractivity contribution in [3.63, 3.8) is 0 Å². The number of hydrogen-bond acceptors (Lipinski definition) is 5. The second kappa shape index (κ2) is 5.56. The molecule has 0 spiro atoms. The normalized spacial score (nSPS) is 8.93. The minimum atomic E-state index is -0.849. The van der Waals surface area contributed by atoms with Crippen LogP contribution in [0.3, 0.4) is 0 Å². The largest absolute Gasteiger partial charge is 3.00 e. The Balaban J connectivity index is 0.00000169. The Bertz CT molecular complexity index is 370. The van der Waals surface area contributed by atoms with Crippen LogP contribution in [-0.4, -0.2) is 37.5 Å². The second-order valence-electron chi connectivity index (χ2n) is 2.18. The van der Waals surface area contributed by atoms with Crippen LogP contribution in [0.15, 0.2) is 21.5 Å². The topological polar surface area (TPSA) is 76.7 Å². The molecule has 1 heterocycles. The van der Waals surface area contributed by atoms with Crippen molar-refractivity contribution in [1.82, 2.24) is 0 Å².